The number of fused-ring (bicyclic) bond motifs is 2. The number of anilines is 1. The Bertz CT molecular complexity index is 2120. The van der Waals surface area contributed by atoms with Crippen molar-refractivity contribution in [2.24, 2.45) is 0 Å². The van der Waals surface area contributed by atoms with E-state index in [1.165, 1.54) is 18.3 Å². The molecule has 0 fully saturated rings. The van der Waals surface area contributed by atoms with Crippen LogP contribution < -0.4 is 9.62 Å². The fourth-order valence-corrected chi connectivity index (χ4v) is 7.71. The maximum absolute atomic E-state index is 14.6. The average molecular weight is 714 g/mol. The zero-order valence-corrected chi connectivity index (χ0v) is 29.5. The number of sulfonamides is 1. The van der Waals surface area contributed by atoms with Crippen molar-refractivity contribution in [2.75, 3.05) is 24.6 Å². The molecule has 6 rings (SSSR count). The minimum Gasteiger partial charge on any atom is -0.394 e. The molecule has 1 aliphatic rings. The molecule has 50 heavy (non-hydrogen) atoms. The first-order valence-electron chi connectivity index (χ1n) is 16.7. The highest BCUT2D eigenvalue weighted by molar-refractivity contribution is 7.89. The Balaban J connectivity index is 1.42. The van der Waals surface area contributed by atoms with Gasteiger partial charge in [0.15, 0.2) is 0 Å². The maximum Gasteiger partial charge on any atom is 0.255 e. The van der Waals surface area contributed by atoms with Gasteiger partial charge in [0, 0.05) is 30.8 Å². The van der Waals surface area contributed by atoms with Crippen LogP contribution in [0.3, 0.4) is 0 Å². The average Bonchev–Trinajstić information content (AvgIpc) is 3.13. The van der Waals surface area contributed by atoms with Crippen molar-refractivity contribution in [3.63, 3.8) is 0 Å². The van der Waals surface area contributed by atoms with Crippen LogP contribution >= 0.6 is 11.6 Å². The fourth-order valence-electron chi connectivity index (χ4n) is 6.43. The van der Waals surface area contributed by atoms with E-state index in [1.807, 2.05) is 48.5 Å². The summed E-state index contributed by atoms with van der Waals surface area (Å²) in [5.41, 5.74) is 3.02. The van der Waals surface area contributed by atoms with Crippen LogP contribution in [0.5, 0.6) is 0 Å². The van der Waals surface area contributed by atoms with Crippen molar-refractivity contribution in [2.45, 2.75) is 56.8 Å². The third-order valence-electron chi connectivity index (χ3n) is 8.97. The van der Waals surface area contributed by atoms with Gasteiger partial charge in [-0.2, -0.15) is 4.72 Å². The Hall–Kier alpha value is -4.39. The summed E-state index contributed by atoms with van der Waals surface area (Å²) in [5, 5.41) is 23.6. The van der Waals surface area contributed by atoms with E-state index in [-0.39, 0.29) is 34.2 Å². The number of rotatable bonds is 12. The summed E-state index contributed by atoms with van der Waals surface area (Å²) in [6.45, 7) is 5.60. The van der Waals surface area contributed by atoms with E-state index >= 15 is 0 Å². The number of carbonyl (C=O) groups is 1. The minimum atomic E-state index is -4.17. The molecule has 4 aromatic carbocycles. The van der Waals surface area contributed by atoms with Crippen LogP contribution in [0.1, 0.15) is 60.0 Å². The van der Waals surface area contributed by atoms with Crippen molar-refractivity contribution in [1.82, 2.24) is 19.6 Å². The van der Waals surface area contributed by atoms with Crippen molar-refractivity contribution >= 4 is 44.3 Å². The topological polar surface area (TPSA) is 136 Å². The highest BCUT2D eigenvalue weighted by Gasteiger charge is 2.32. The molecule has 3 N–H and O–H groups in total. The van der Waals surface area contributed by atoms with Gasteiger partial charge in [0.2, 0.25) is 16.0 Å². The van der Waals surface area contributed by atoms with Gasteiger partial charge in [-0.1, -0.05) is 92.2 Å². The number of aliphatic hydroxyl groups excluding tert-OH is 2. The summed E-state index contributed by atoms with van der Waals surface area (Å²) in [7, 11) is -4.17. The Morgan fingerprint density at radius 2 is 1.68 bits per heavy atom. The molecule has 5 aromatic rings. The fraction of sp³-hybridized carbons (Fsp3) is 0.289. The largest absolute Gasteiger partial charge is 0.394 e. The number of nitrogens with one attached hydrogen (secondary N) is 1. The van der Waals surface area contributed by atoms with Crippen LogP contribution in [-0.2, 0) is 23.0 Å². The van der Waals surface area contributed by atoms with Gasteiger partial charge in [0.05, 0.1) is 34.5 Å². The van der Waals surface area contributed by atoms with Gasteiger partial charge in [-0.3, -0.25) is 4.79 Å². The van der Waals surface area contributed by atoms with Crippen molar-refractivity contribution in [1.29, 1.82) is 0 Å². The predicted molar refractivity (Wildman–Crippen MR) is 195 cm³/mol. The van der Waals surface area contributed by atoms with Crippen LogP contribution in [0, 0.1) is 0 Å². The molecular formula is C38H40ClN5O5S. The van der Waals surface area contributed by atoms with Crippen molar-refractivity contribution < 1.29 is 23.4 Å². The highest BCUT2D eigenvalue weighted by atomic mass is 35.5. The molecule has 0 bridgehead atoms. The molecule has 12 heteroatoms. The summed E-state index contributed by atoms with van der Waals surface area (Å²) < 4.78 is 29.3. The third-order valence-corrected chi connectivity index (χ3v) is 10.7. The first-order valence-corrected chi connectivity index (χ1v) is 18.6. The maximum atomic E-state index is 14.6. The van der Waals surface area contributed by atoms with E-state index in [2.05, 4.69) is 28.5 Å². The Morgan fingerprint density at radius 1 is 0.980 bits per heavy atom. The smallest absolute Gasteiger partial charge is 0.255 e. The lowest BCUT2D eigenvalue weighted by atomic mass is 9.92. The third kappa shape index (κ3) is 7.38. The zero-order chi connectivity index (χ0) is 35.4. The zero-order valence-electron chi connectivity index (χ0n) is 28.0. The standard InChI is InChI=1S/C38H40ClN5O5S/c1-3-17-43(18-4-2)38-40-22-34(39)35(41-38)32-16-14-28(36(46)42-50(48,49)31-15-13-25-9-5-6-11-27(25)20-31)21-33(32)37(47)44-23-29-12-8-7-10-26(29)19-30(44)24-45/h5-16,20-22,30,36,42,45-46H,3-4,17-19,23-24H2,1-2H3. The molecule has 0 saturated carbocycles. The second kappa shape index (κ2) is 15.2. The van der Waals surface area contributed by atoms with Gasteiger partial charge in [-0.25, -0.2) is 18.4 Å². The lowest BCUT2D eigenvalue weighted by Crippen LogP contribution is -2.46. The quantitative estimate of drug-likeness (QED) is 0.132. The Kier molecular flexibility index (Phi) is 10.8. The summed E-state index contributed by atoms with van der Waals surface area (Å²) in [6, 6.07) is 24.0. The summed E-state index contributed by atoms with van der Waals surface area (Å²) in [4.78, 5) is 27.6. The molecule has 2 unspecified atom stereocenters. The summed E-state index contributed by atoms with van der Waals surface area (Å²) in [5.74, 6) is 0.0501. The van der Waals surface area contributed by atoms with E-state index in [9.17, 15) is 23.4 Å². The SMILES string of the molecule is CCCN(CCC)c1ncc(Cl)c(-c2ccc(C(O)NS(=O)(=O)c3ccc4ccccc4c3)cc2C(=O)N2Cc3ccccc3CC2CO)n1. The number of aromatic nitrogens is 2. The van der Waals surface area contributed by atoms with Crippen LogP contribution in [0.25, 0.3) is 22.0 Å². The second-order valence-corrected chi connectivity index (χ2v) is 14.6. The first-order chi connectivity index (χ1) is 24.1. The van der Waals surface area contributed by atoms with Gasteiger partial charge in [-0.05, 0) is 64.9 Å². The number of halogens is 1. The number of aliphatic hydroxyl groups is 2. The number of carbonyl (C=O) groups excluding carboxylic acids is 1. The molecule has 2 heterocycles. The van der Waals surface area contributed by atoms with E-state index < -0.39 is 28.2 Å². The second-order valence-electron chi connectivity index (χ2n) is 12.4. The van der Waals surface area contributed by atoms with Gasteiger partial charge in [0.25, 0.3) is 5.91 Å². The molecular weight excluding hydrogens is 674 g/mol. The van der Waals surface area contributed by atoms with Crippen molar-refractivity contribution in [3.05, 3.63) is 118 Å². The summed E-state index contributed by atoms with van der Waals surface area (Å²) >= 11 is 6.72. The van der Waals surface area contributed by atoms with Gasteiger partial charge < -0.3 is 20.0 Å². The van der Waals surface area contributed by atoms with Crippen LogP contribution in [0.15, 0.2) is 96.0 Å². The van der Waals surface area contributed by atoms with Gasteiger partial charge in [0.1, 0.15) is 6.23 Å². The van der Waals surface area contributed by atoms with Gasteiger partial charge >= 0.3 is 0 Å². The number of benzene rings is 4. The molecule has 0 aliphatic carbocycles. The van der Waals surface area contributed by atoms with Gasteiger partial charge in [-0.15, -0.1) is 0 Å². The van der Waals surface area contributed by atoms with E-state index in [0.717, 1.165) is 47.8 Å². The molecule has 2 atom stereocenters. The lowest BCUT2D eigenvalue weighted by Gasteiger charge is -2.36. The molecule has 1 aromatic heterocycles. The summed E-state index contributed by atoms with van der Waals surface area (Å²) in [6.07, 6.45) is 2.05. The minimum absolute atomic E-state index is 0.00931. The molecule has 0 radical (unpaired) electrons. The molecule has 1 aliphatic heterocycles. The highest BCUT2D eigenvalue weighted by Crippen LogP contribution is 2.34. The molecule has 1 amide bonds. The predicted octanol–water partition coefficient (Wildman–Crippen LogP) is 6.11. The monoisotopic (exact) mass is 713 g/mol. The Morgan fingerprint density at radius 3 is 2.40 bits per heavy atom. The van der Waals surface area contributed by atoms with E-state index in [0.29, 0.717) is 23.6 Å². The van der Waals surface area contributed by atoms with E-state index in [1.54, 1.807) is 29.2 Å². The number of hydrogen-bond acceptors (Lipinski definition) is 8. The molecule has 0 saturated heterocycles. The molecule has 10 nitrogen and oxygen atoms in total. The van der Waals surface area contributed by atoms with Crippen LogP contribution in [0.4, 0.5) is 5.95 Å². The number of nitrogens with zero attached hydrogens (tertiary/aromatic N) is 4. The number of hydrogen-bond donors (Lipinski definition) is 3. The number of amides is 1. The molecule has 0 spiro atoms. The van der Waals surface area contributed by atoms with Crippen LogP contribution in [-0.4, -0.2) is 65.1 Å². The van der Waals surface area contributed by atoms with Crippen LogP contribution in [0.2, 0.25) is 5.02 Å². The lowest BCUT2D eigenvalue weighted by molar-refractivity contribution is 0.0544. The normalized spacial score (nSPS) is 15.1. The van der Waals surface area contributed by atoms with E-state index in [4.69, 9.17) is 16.6 Å². The first kappa shape index (κ1) is 35.4. The Labute approximate surface area is 297 Å². The van der Waals surface area contributed by atoms with Crippen molar-refractivity contribution in [3.8, 4) is 11.3 Å². The molecule has 260 valence electrons.